The molecule has 0 aromatic heterocycles. The first-order valence-electron chi connectivity index (χ1n) is 19.5. The fourth-order valence-electron chi connectivity index (χ4n) is 4.80. The van der Waals surface area contributed by atoms with E-state index in [9.17, 15) is 9.90 Å². The van der Waals surface area contributed by atoms with Crippen molar-refractivity contribution in [2.75, 3.05) is 6.61 Å². The smallest absolute Gasteiger partial charge is 0.297 e. The number of carbonyl (C=O) groups excluding carboxylic acids is 1. The minimum Gasteiger partial charge on any atom is -0.411 e. The second kappa shape index (κ2) is 33.9. The summed E-state index contributed by atoms with van der Waals surface area (Å²) in [4.78, 5) is 12.8. The number of aliphatic hydroxyl groups is 1. The van der Waals surface area contributed by atoms with E-state index in [4.69, 9.17) is 4.43 Å². The van der Waals surface area contributed by atoms with Crippen molar-refractivity contribution in [2.24, 2.45) is 5.92 Å². The Hall–Kier alpha value is -5.67. The lowest BCUT2D eigenvalue weighted by Gasteiger charge is -2.43. The molecule has 0 saturated carbocycles. The van der Waals surface area contributed by atoms with Gasteiger partial charge in [-0.2, -0.15) is 0 Å². The first-order valence-corrected chi connectivity index (χ1v) is 22.4. The third kappa shape index (κ3) is 28.8. The Morgan fingerprint density at radius 3 is 1.27 bits per heavy atom. The molecular weight excluding hydrogens is 703 g/mol. The number of hydrogen-bond acceptors (Lipinski definition) is 3. The number of carbonyl (C=O) groups is 1. The molecule has 0 heterocycles. The van der Waals surface area contributed by atoms with Crippen molar-refractivity contribution in [3.05, 3.63) is 0 Å². The van der Waals surface area contributed by atoms with Crippen molar-refractivity contribution >= 4 is 14.2 Å². The van der Waals surface area contributed by atoms with Gasteiger partial charge in [-0.1, -0.05) is 118 Å². The van der Waals surface area contributed by atoms with Crippen LogP contribution in [-0.4, -0.2) is 38.1 Å². The molecule has 288 valence electrons. The van der Waals surface area contributed by atoms with Gasteiger partial charge in [-0.05, 0) is 132 Å². The number of aliphatic hydroxyl groups excluding tert-OH is 1. The van der Waals surface area contributed by atoms with Gasteiger partial charge in [0, 0.05) is 41.4 Å². The van der Waals surface area contributed by atoms with Gasteiger partial charge in [0.1, 0.15) is 0 Å². The van der Waals surface area contributed by atoms with Gasteiger partial charge in [-0.3, -0.25) is 4.79 Å². The van der Waals surface area contributed by atoms with Gasteiger partial charge in [0.15, 0.2) is 8.32 Å². The third-order valence-electron chi connectivity index (χ3n) is 8.83. The van der Waals surface area contributed by atoms with E-state index in [0.717, 1.165) is 12.8 Å². The van der Waals surface area contributed by atoms with Crippen LogP contribution in [-0.2, 0) is 9.22 Å². The van der Waals surface area contributed by atoms with Crippen LogP contribution in [0.2, 0.25) is 18.1 Å². The minimum absolute atomic E-state index is 0.0213. The van der Waals surface area contributed by atoms with E-state index < -0.39 is 20.3 Å². The van der Waals surface area contributed by atoms with Crippen molar-refractivity contribution < 1.29 is 14.3 Å². The maximum Gasteiger partial charge on any atom is 0.297 e. The van der Waals surface area contributed by atoms with Crippen molar-refractivity contribution in [1.82, 2.24) is 5.32 Å². The van der Waals surface area contributed by atoms with Crippen LogP contribution in [0.1, 0.15) is 125 Å². The Labute approximate surface area is 342 Å². The van der Waals surface area contributed by atoms with Gasteiger partial charge in [0.2, 0.25) is 0 Å². The summed E-state index contributed by atoms with van der Waals surface area (Å²) < 4.78 is 6.85. The highest BCUT2D eigenvalue weighted by Crippen LogP contribution is 2.39. The molecule has 0 aromatic rings. The Bertz CT molecular complexity index is 2030. The van der Waals surface area contributed by atoms with Gasteiger partial charge in [-0.25, -0.2) is 0 Å². The van der Waals surface area contributed by atoms with Gasteiger partial charge >= 0.3 is 0 Å². The number of rotatable bonds is 19. The van der Waals surface area contributed by atoms with E-state index in [-0.39, 0.29) is 23.7 Å². The van der Waals surface area contributed by atoms with Crippen LogP contribution in [0.5, 0.6) is 0 Å². The number of unbranched alkanes of at least 4 members (excludes halogenated alkanes) is 11. The summed E-state index contributed by atoms with van der Waals surface area (Å²) in [5, 5.41) is 13.3. The standard InChI is InChI=1S/C51H57NO3Si/c1-9-11-13-15-17-19-21-23-24-25-26-27-28-29-30-31-32-33-35-37-39-41-43-45-49(54)52-48(46-53)50(55-56(7,8)51(4,5)6)47(3)44-42-40-38-36-34-22-20-18-16-14-12-10-2/h47-48,50,53H,10,12,14,16,18,20,22,34,36,38,40,42,44,46H2,1-8H3,(H,52,54)/t47-,48+,50-/m1/s1. The molecule has 0 bridgehead atoms. The maximum absolute atomic E-state index is 12.8. The highest BCUT2D eigenvalue weighted by Gasteiger charge is 2.42. The van der Waals surface area contributed by atoms with Gasteiger partial charge in [0.05, 0.1) is 18.8 Å². The van der Waals surface area contributed by atoms with Crippen LogP contribution in [0, 0.1) is 148 Å². The molecule has 56 heavy (non-hydrogen) atoms. The highest BCUT2D eigenvalue weighted by atomic mass is 28.4. The van der Waals surface area contributed by atoms with E-state index in [1.165, 1.54) is 70.6 Å². The molecule has 4 nitrogen and oxygen atoms in total. The molecule has 0 aliphatic heterocycles. The molecule has 2 N–H and O–H groups in total. The summed E-state index contributed by atoms with van der Waals surface area (Å²) in [5.41, 5.74) is 0. The molecule has 0 saturated heterocycles. The topological polar surface area (TPSA) is 58.6 Å². The number of hydrogen-bond donors (Lipinski definition) is 2. The van der Waals surface area contributed by atoms with E-state index in [2.05, 4.69) is 195 Å². The molecule has 0 spiro atoms. The first kappa shape index (κ1) is 50.3. The monoisotopic (exact) mass is 759 g/mol. The molecule has 0 aromatic carbocycles. The SMILES string of the molecule is CC#CC#CC#CC#CC#CC#CC#CC#CC#CC#CC#CC#CC(=O)N[C@@H](CO)[C@H](O[Si](C)(C)C(C)(C)C)[C@H](C)CCCCCCCCCCCCCC. The Morgan fingerprint density at radius 1 is 0.589 bits per heavy atom. The van der Waals surface area contributed by atoms with E-state index in [1.807, 2.05) is 0 Å². The second-order valence-corrected chi connectivity index (χ2v) is 19.1. The largest absolute Gasteiger partial charge is 0.411 e. The lowest BCUT2D eigenvalue weighted by molar-refractivity contribution is -0.117. The fraction of sp³-hybridized carbons (Fsp3) is 0.510. The molecule has 0 aliphatic rings. The molecule has 0 radical (unpaired) electrons. The Kier molecular flexibility index (Phi) is 30.4. The van der Waals surface area contributed by atoms with Crippen LogP contribution in [0.4, 0.5) is 0 Å². The van der Waals surface area contributed by atoms with Crippen LogP contribution in [0.15, 0.2) is 0 Å². The molecule has 1 amide bonds. The summed E-state index contributed by atoms with van der Waals surface area (Å²) in [6.07, 6.45) is 16.2. The first-order chi connectivity index (χ1) is 27.0. The van der Waals surface area contributed by atoms with Crippen molar-refractivity contribution in [3.63, 3.8) is 0 Å². The summed E-state index contributed by atoms with van der Waals surface area (Å²) in [6.45, 7) is 16.8. The number of nitrogens with one attached hydrogen (secondary N) is 1. The van der Waals surface area contributed by atoms with Crippen molar-refractivity contribution in [1.29, 1.82) is 0 Å². The zero-order valence-electron chi connectivity index (χ0n) is 34.9. The second-order valence-electron chi connectivity index (χ2n) is 14.4. The Morgan fingerprint density at radius 2 is 0.929 bits per heavy atom. The number of amides is 1. The molecule has 5 heteroatoms. The summed E-state index contributed by atoms with van der Waals surface area (Å²) in [5.74, 6) is 60.5. The predicted octanol–water partition coefficient (Wildman–Crippen LogP) is 7.64. The zero-order chi connectivity index (χ0) is 41.6. The summed E-state index contributed by atoms with van der Waals surface area (Å²) in [6, 6.07) is -0.587. The fourth-order valence-corrected chi connectivity index (χ4v) is 6.23. The summed E-state index contributed by atoms with van der Waals surface area (Å²) in [7, 11) is -2.20. The maximum atomic E-state index is 12.8. The van der Waals surface area contributed by atoms with Crippen LogP contribution < -0.4 is 5.32 Å². The lowest BCUT2D eigenvalue weighted by Crippen LogP contribution is -2.55. The van der Waals surface area contributed by atoms with Gasteiger partial charge in [0.25, 0.3) is 5.91 Å². The molecule has 0 aliphatic carbocycles. The summed E-state index contributed by atoms with van der Waals surface area (Å²) >= 11 is 0. The quantitative estimate of drug-likeness (QED) is 0.0809. The van der Waals surface area contributed by atoms with Crippen LogP contribution >= 0.6 is 0 Å². The normalized spacial score (nSPS) is 10.5. The van der Waals surface area contributed by atoms with E-state index in [0.29, 0.717) is 0 Å². The van der Waals surface area contributed by atoms with E-state index >= 15 is 0 Å². The van der Waals surface area contributed by atoms with Crippen molar-refractivity contribution in [2.45, 2.75) is 155 Å². The molecule has 0 fully saturated rings. The van der Waals surface area contributed by atoms with Gasteiger partial charge in [-0.15, -0.1) is 0 Å². The minimum atomic E-state index is -2.20. The molecular formula is C51H57NO3Si. The lowest BCUT2D eigenvalue weighted by atomic mass is 9.92. The highest BCUT2D eigenvalue weighted by molar-refractivity contribution is 6.74. The van der Waals surface area contributed by atoms with Crippen LogP contribution in [0.3, 0.4) is 0 Å². The third-order valence-corrected chi connectivity index (χ3v) is 13.3. The molecule has 0 unspecified atom stereocenters. The van der Waals surface area contributed by atoms with Gasteiger partial charge < -0.3 is 14.8 Å². The Balaban J connectivity index is 5.10. The van der Waals surface area contributed by atoms with E-state index in [1.54, 1.807) is 6.92 Å². The zero-order valence-corrected chi connectivity index (χ0v) is 35.9. The van der Waals surface area contributed by atoms with Crippen LogP contribution in [0.25, 0.3) is 0 Å². The average molecular weight is 760 g/mol. The predicted molar refractivity (Wildman–Crippen MR) is 235 cm³/mol. The van der Waals surface area contributed by atoms with Crippen molar-refractivity contribution in [3.8, 4) is 142 Å². The molecule has 3 atom stereocenters. The molecule has 0 rings (SSSR count). The average Bonchev–Trinajstić information content (AvgIpc) is 3.16.